The second-order valence-electron chi connectivity index (χ2n) is 3.38. The van der Waals surface area contributed by atoms with Gasteiger partial charge in [-0.25, -0.2) is 0 Å². The fraction of sp³-hybridized carbons (Fsp3) is 0.400. The highest BCUT2D eigenvalue weighted by Crippen LogP contribution is 2.12. The third-order valence-electron chi connectivity index (χ3n) is 2.30. The fourth-order valence-electron chi connectivity index (χ4n) is 1.49. The first-order valence-electron chi connectivity index (χ1n) is 4.87. The van der Waals surface area contributed by atoms with E-state index in [1.807, 2.05) is 28.8 Å². The Bertz CT molecular complexity index is 440. The third kappa shape index (κ3) is 1.98. The maximum Gasteiger partial charge on any atom is 0.160 e. The molecule has 0 saturated carbocycles. The molecule has 80 valence electrons. The van der Waals surface area contributed by atoms with Crippen molar-refractivity contribution in [2.24, 2.45) is 5.73 Å². The minimum absolute atomic E-state index is 0.137. The number of hydrogen-bond acceptors (Lipinski definition) is 4. The van der Waals surface area contributed by atoms with E-state index < -0.39 is 0 Å². The van der Waals surface area contributed by atoms with E-state index in [1.54, 1.807) is 7.11 Å². The molecule has 2 aromatic heterocycles. The minimum atomic E-state index is -0.137. The molecule has 15 heavy (non-hydrogen) atoms. The van der Waals surface area contributed by atoms with Crippen molar-refractivity contribution >= 4 is 5.65 Å². The molecule has 0 aliphatic heterocycles. The van der Waals surface area contributed by atoms with Gasteiger partial charge in [-0.05, 0) is 18.6 Å². The number of nitrogens with two attached hydrogens (primary N) is 1. The van der Waals surface area contributed by atoms with E-state index in [9.17, 15) is 0 Å². The van der Waals surface area contributed by atoms with Crippen molar-refractivity contribution in [1.82, 2.24) is 14.6 Å². The summed E-state index contributed by atoms with van der Waals surface area (Å²) in [5, 5.41) is 8.12. The lowest BCUT2D eigenvalue weighted by Crippen LogP contribution is -2.16. The lowest BCUT2D eigenvalue weighted by atomic mass is 10.2. The molecule has 1 unspecified atom stereocenters. The van der Waals surface area contributed by atoms with E-state index >= 15 is 0 Å². The molecule has 0 bridgehead atoms. The Labute approximate surface area is 87.9 Å². The van der Waals surface area contributed by atoms with Gasteiger partial charge in [-0.1, -0.05) is 6.07 Å². The molecule has 0 aromatic carbocycles. The second kappa shape index (κ2) is 4.37. The van der Waals surface area contributed by atoms with Crippen molar-refractivity contribution in [3.63, 3.8) is 0 Å². The number of ether oxygens (including phenoxy) is 1. The van der Waals surface area contributed by atoms with Crippen LogP contribution in [-0.4, -0.2) is 28.3 Å². The SMILES string of the molecule is COCCC(N)c1nnc2ccccn12. The van der Waals surface area contributed by atoms with Gasteiger partial charge in [-0.2, -0.15) is 0 Å². The molecule has 2 heterocycles. The predicted octanol–water partition coefficient (Wildman–Crippen LogP) is 0.766. The van der Waals surface area contributed by atoms with E-state index in [0.717, 1.165) is 17.9 Å². The van der Waals surface area contributed by atoms with Crippen LogP contribution in [0.15, 0.2) is 24.4 Å². The number of hydrogen-bond donors (Lipinski definition) is 1. The van der Waals surface area contributed by atoms with Gasteiger partial charge < -0.3 is 10.5 Å². The third-order valence-corrected chi connectivity index (χ3v) is 2.30. The molecule has 0 radical (unpaired) electrons. The first-order valence-corrected chi connectivity index (χ1v) is 4.87. The van der Waals surface area contributed by atoms with Crippen molar-refractivity contribution in [1.29, 1.82) is 0 Å². The van der Waals surface area contributed by atoms with E-state index in [1.165, 1.54) is 0 Å². The molecule has 5 nitrogen and oxygen atoms in total. The van der Waals surface area contributed by atoms with Crippen LogP contribution in [0, 0.1) is 0 Å². The number of pyridine rings is 1. The molecule has 0 spiro atoms. The van der Waals surface area contributed by atoms with Crippen LogP contribution in [0.3, 0.4) is 0 Å². The molecule has 0 aliphatic carbocycles. The number of methoxy groups -OCH3 is 1. The summed E-state index contributed by atoms with van der Waals surface area (Å²) in [6.45, 7) is 0.628. The number of rotatable bonds is 4. The summed E-state index contributed by atoms with van der Waals surface area (Å²) in [4.78, 5) is 0. The van der Waals surface area contributed by atoms with Gasteiger partial charge in [0.05, 0.1) is 6.04 Å². The molecule has 2 aromatic rings. The molecule has 2 rings (SSSR count). The molecule has 0 amide bonds. The normalized spacial score (nSPS) is 13.2. The maximum absolute atomic E-state index is 5.99. The Kier molecular flexibility index (Phi) is 2.94. The van der Waals surface area contributed by atoms with Crippen LogP contribution in [0.5, 0.6) is 0 Å². The van der Waals surface area contributed by atoms with Crippen LogP contribution in [0.1, 0.15) is 18.3 Å². The van der Waals surface area contributed by atoms with E-state index in [4.69, 9.17) is 10.5 Å². The molecular formula is C10H14N4O. The van der Waals surface area contributed by atoms with Crippen molar-refractivity contribution in [3.8, 4) is 0 Å². The van der Waals surface area contributed by atoms with Gasteiger partial charge in [-0.15, -0.1) is 10.2 Å². The van der Waals surface area contributed by atoms with Gasteiger partial charge in [0, 0.05) is 19.9 Å². The van der Waals surface area contributed by atoms with Crippen LogP contribution in [0.2, 0.25) is 0 Å². The second-order valence-corrected chi connectivity index (χ2v) is 3.38. The highest BCUT2D eigenvalue weighted by atomic mass is 16.5. The van der Waals surface area contributed by atoms with Gasteiger partial charge in [0.1, 0.15) is 0 Å². The lowest BCUT2D eigenvalue weighted by Gasteiger charge is -2.08. The molecule has 0 saturated heterocycles. The topological polar surface area (TPSA) is 65.4 Å². The fourth-order valence-corrected chi connectivity index (χ4v) is 1.49. The zero-order chi connectivity index (χ0) is 10.7. The van der Waals surface area contributed by atoms with E-state index in [2.05, 4.69) is 10.2 Å². The monoisotopic (exact) mass is 206 g/mol. The first-order chi connectivity index (χ1) is 7.33. The van der Waals surface area contributed by atoms with Crippen LogP contribution in [-0.2, 0) is 4.74 Å². The van der Waals surface area contributed by atoms with E-state index in [0.29, 0.717) is 6.61 Å². The number of nitrogens with zero attached hydrogens (tertiary/aromatic N) is 3. The van der Waals surface area contributed by atoms with Crippen molar-refractivity contribution < 1.29 is 4.74 Å². The summed E-state index contributed by atoms with van der Waals surface area (Å²) < 4.78 is 6.89. The number of aromatic nitrogens is 3. The quantitative estimate of drug-likeness (QED) is 0.802. The summed E-state index contributed by atoms with van der Waals surface area (Å²) in [5.74, 6) is 0.780. The molecule has 5 heteroatoms. The zero-order valence-electron chi connectivity index (χ0n) is 8.63. The average Bonchev–Trinajstić information content (AvgIpc) is 2.69. The minimum Gasteiger partial charge on any atom is -0.385 e. The summed E-state index contributed by atoms with van der Waals surface area (Å²) in [6, 6.07) is 5.62. The Balaban J connectivity index is 2.27. The standard InChI is InChI=1S/C10H14N4O/c1-15-7-5-8(11)10-13-12-9-4-2-3-6-14(9)10/h2-4,6,8H,5,7,11H2,1H3. The maximum atomic E-state index is 5.99. The lowest BCUT2D eigenvalue weighted by molar-refractivity contribution is 0.187. The molecule has 1 atom stereocenters. The summed E-state index contributed by atoms with van der Waals surface area (Å²) in [7, 11) is 1.66. The van der Waals surface area contributed by atoms with Crippen LogP contribution in [0.25, 0.3) is 5.65 Å². The average molecular weight is 206 g/mol. The Morgan fingerprint density at radius 2 is 2.33 bits per heavy atom. The first kappa shape index (κ1) is 10.1. The highest BCUT2D eigenvalue weighted by Gasteiger charge is 2.12. The summed E-state index contributed by atoms with van der Waals surface area (Å²) in [5.41, 5.74) is 6.81. The molecule has 0 aliphatic rings. The van der Waals surface area contributed by atoms with Crippen molar-refractivity contribution in [2.75, 3.05) is 13.7 Å². The molecular weight excluding hydrogens is 192 g/mol. The predicted molar refractivity (Wildman–Crippen MR) is 56.4 cm³/mol. The molecule has 0 fully saturated rings. The Morgan fingerprint density at radius 3 is 3.13 bits per heavy atom. The zero-order valence-corrected chi connectivity index (χ0v) is 8.63. The van der Waals surface area contributed by atoms with Crippen LogP contribution < -0.4 is 5.73 Å². The van der Waals surface area contributed by atoms with Gasteiger partial charge >= 0.3 is 0 Å². The van der Waals surface area contributed by atoms with Crippen LogP contribution >= 0.6 is 0 Å². The van der Waals surface area contributed by atoms with Gasteiger partial charge in [-0.3, -0.25) is 4.40 Å². The molecule has 2 N–H and O–H groups in total. The summed E-state index contributed by atoms with van der Waals surface area (Å²) in [6.07, 6.45) is 2.66. The Hall–Kier alpha value is -1.46. The van der Waals surface area contributed by atoms with Gasteiger partial charge in [0.2, 0.25) is 0 Å². The van der Waals surface area contributed by atoms with Crippen molar-refractivity contribution in [2.45, 2.75) is 12.5 Å². The highest BCUT2D eigenvalue weighted by molar-refractivity contribution is 5.37. The smallest absolute Gasteiger partial charge is 0.160 e. The largest absolute Gasteiger partial charge is 0.385 e. The van der Waals surface area contributed by atoms with Gasteiger partial charge in [0.25, 0.3) is 0 Å². The van der Waals surface area contributed by atoms with E-state index in [-0.39, 0.29) is 6.04 Å². The number of fused-ring (bicyclic) bond motifs is 1. The van der Waals surface area contributed by atoms with Crippen molar-refractivity contribution in [3.05, 3.63) is 30.2 Å². The summed E-state index contributed by atoms with van der Waals surface area (Å²) >= 11 is 0. The van der Waals surface area contributed by atoms with Gasteiger partial charge in [0.15, 0.2) is 11.5 Å². The Morgan fingerprint density at radius 1 is 1.47 bits per heavy atom. The van der Waals surface area contributed by atoms with Crippen LogP contribution in [0.4, 0.5) is 0 Å².